The minimum absolute atomic E-state index is 0.774. The van der Waals surface area contributed by atoms with Crippen molar-refractivity contribution in [3.8, 4) is 11.4 Å². The molecule has 4 nitrogen and oxygen atoms in total. The molecule has 0 saturated carbocycles. The van der Waals surface area contributed by atoms with Crippen LogP contribution in [0.4, 0.5) is 0 Å². The Kier molecular flexibility index (Phi) is 5.00. The van der Waals surface area contributed by atoms with Crippen LogP contribution in [-0.4, -0.2) is 17.4 Å². The molecule has 240 valence electrons. The van der Waals surface area contributed by atoms with Crippen LogP contribution in [-0.2, 0) is 0 Å². The van der Waals surface area contributed by atoms with Gasteiger partial charge in [0.05, 0.1) is 0 Å². The fourth-order valence-corrected chi connectivity index (χ4v) is 18.4. The number of hydrogen-bond donors (Lipinski definition) is 0. The summed E-state index contributed by atoms with van der Waals surface area (Å²) in [7, 11) is -3.92. The maximum atomic E-state index is 7.58. The number of nitrogens with zero attached hydrogens (tertiary/aromatic N) is 4. The van der Waals surface area contributed by atoms with Crippen molar-refractivity contribution in [1.29, 1.82) is 0 Å². The van der Waals surface area contributed by atoms with Gasteiger partial charge in [0.25, 0.3) is 0 Å². The van der Waals surface area contributed by atoms with Crippen LogP contribution in [0.2, 0.25) is 10.0 Å². The summed E-state index contributed by atoms with van der Waals surface area (Å²) in [4.78, 5) is 0. The third kappa shape index (κ3) is 2.74. The molecule has 8 heterocycles. The van der Waals surface area contributed by atoms with Gasteiger partial charge >= 0.3 is 295 Å². The zero-order valence-corrected chi connectivity index (χ0v) is 30.6. The molecule has 0 saturated heterocycles. The molecule has 4 aliphatic heterocycles. The van der Waals surface area contributed by atoms with E-state index >= 15 is 0 Å². The molecule has 0 N–H and O–H groups in total. The van der Waals surface area contributed by atoms with Crippen LogP contribution in [0, 0.1) is 52.2 Å². The molecule has 0 aliphatic carbocycles. The number of benzene rings is 3. The molecule has 3 aromatic carbocycles. The number of rotatable bonds is 3. The molecular weight excluding hydrogens is 662 g/mol. The summed E-state index contributed by atoms with van der Waals surface area (Å²) in [6.45, 7) is 13.3. The van der Waals surface area contributed by atoms with Gasteiger partial charge in [-0.15, -0.1) is 0 Å². The van der Waals surface area contributed by atoms with E-state index < -0.39 is 7.21 Å². The zero-order chi connectivity index (χ0) is 33.5. The van der Waals surface area contributed by atoms with E-state index in [1.165, 1.54) is 83.0 Å². The number of aryl methyl sites for hydroxylation is 6. The van der Waals surface area contributed by atoms with Crippen molar-refractivity contribution >= 4 is 46.9 Å². The van der Waals surface area contributed by atoms with E-state index in [1.54, 1.807) is 0 Å². The first kappa shape index (κ1) is 28.4. The van der Waals surface area contributed by atoms with Crippen LogP contribution >= 0.6 is 30.4 Å². The molecule has 0 unspecified atom stereocenters. The number of halogens is 2. The van der Waals surface area contributed by atoms with E-state index in [4.69, 9.17) is 23.2 Å². The van der Waals surface area contributed by atoms with Crippen molar-refractivity contribution in [3.63, 3.8) is 0 Å². The molecule has 49 heavy (non-hydrogen) atoms. The van der Waals surface area contributed by atoms with Crippen molar-refractivity contribution in [3.05, 3.63) is 178 Å². The van der Waals surface area contributed by atoms with Crippen LogP contribution < -0.4 is 16.0 Å². The first-order chi connectivity index (χ1) is 23.6. The van der Waals surface area contributed by atoms with Gasteiger partial charge in [-0.1, -0.05) is 0 Å². The van der Waals surface area contributed by atoms with E-state index in [9.17, 15) is 0 Å². The Hall–Kier alpha value is -4.47. The molecule has 0 fully saturated rings. The Morgan fingerprint density at radius 3 is 1.71 bits per heavy atom. The average Bonchev–Trinajstić information content (AvgIpc) is 3.87. The predicted octanol–water partition coefficient (Wildman–Crippen LogP) is 8.78. The second kappa shape index (κ2) is 8.63. The second-order valence-corrected chi connectivity index (χ2v) is 19.3. The van der Waals surface area contributed by atoms with E-state index in [2.05, 4.69) is 150 Å². The summed E-state index contributed by atoms with van der Waals surface area (Å²) in [6.07, 6.45) is 0. The monoisotopic (exact) mass is 694 g/mol. The molecule has 11 rings (SSSR count). The summed E-state index contributed by atoms with van der Waals surface area (Å²) in [5, 5.41) is 7.38. The summed E-state index contributed by atoms with van der Waals surface area (Å²) >= 11 is 15.2. The maximum absolute atomic E-state index is 7.58. The summed E-state index contributed by atoms with van der Waals surface area (Å²) in [6, 6.07) is 34.1. The fourth-order valence-electron chi connectivity index (χ4n) is 10.5. The third-order valence-electron chi connectivity index (χ3n) is 11.6. The van der Waals surface area contributed by atoms with Crippen molar-refractivity contribution in [2.75, 3.05) is 0 Å². The number of fused-ring (bicyclic) bond motifs is 1. The standard InChI is InChI=1S/C42H33Cl2N4P/c1-22-16-24(3)37(25(4)17-22)39-33-14-12-31-36-21-30(44)42-40(38-26(5)18-23(2)19-27(38)6)34-15-13-32-35-20-29(43)41(39)47(35)49(45(31)33,46(32)34,48(36)42)28-10-8-7-9-11-28/h7-21H,1-6H3. The average molecular weight is 696 g/mol. The Morgan fingerprint density at radius 2 is 1.06 bits per heavy atom. The molecular formula is C42H33Cl2N4P. The quantitative estimate of drug-likeness (QED) is 0.165. The second-order valence-electron chi connectivity index (χ2n) is 14.5. The molecule has 4 aromatic heterocycles. The molecule has 1 spiro atoms. The molecule has 4 aliphatic rings. The van der Waals surface area contributed by atoms with Gasteiger partial charge < -0.3 is 0 Å². The van der Waals surface area contributed by atoms with Crippen LogP contribution in [0.25, 0.3) is 22.5 Å². The van der Waals surface area contributed by atoms with Crippen molar-refractivity contribution < 1.29 is 0 Å². The van der Waals surface area contributed by atoms with E-state index in [0.29, 0.717) is 0 Å². The molecule has 0 radical (unpaired) electrons. The zero-order valence-electron chi connectivity index (χ0n) is 28.2. The van der Waals surface area contributed by atoms with E-state index in [0.717, 1.165) is 32.1 Å². The minimum atomic E-state index is -3.92. The summed E-state index contributed by atoms with van der Waals surface area (Å²) in [5.41, 5.74) is 17.0. The Labute approximate surface area is 294 Å². The molecule has 0 atom stereocenters. The first-order valence-electron chi connectivity index (χ1n) is 16.9. The fraction of sp³-hybridized carbons (Fsp3) is 0.143. The Morgan fingerprint density at radius 1 is 0.469 bits per heavy atom. The van der Waals surface area contributed by atoms with Crippen molar-refractivity contribution in [2.24, 2.45) is 0 Å². The van der Waals surface area contributed by atoms with Crippen LogP contribution in [0.15, 0.2) is 91.0 Å². The third-order valence-corrected chi connectivity index (χ3v) is 18.1. The van der Waals surface area contributed by atoms with Crippen molar-refractivity contribution in [2.45, 2.75) is 41.5 Å². The number of aromatic nitrogens is 4. The van der Waals surface area contributed by atoms with Gasteiger partial charge in [0.15, 0.2) is 0 Å². The Bertz CT molecular complexity index is 2940. The predicted molar refractivity (Wildman–Crippen MR) is 203 cm³/mol. The molecule has 0 bridgehead atoms. The SMILES string of the molecule is Cc1cc(C)c(C2=c3ccc4n3P35(c6ccccc6)n6c(ccc6-c6cc(Cl)c2n63)C(c2c(C)cc(C)cc2C)=c2c(Cl)cc=4n25)c(C)c1. The van der Waals surface area contributed by atoms with Gasteiger partial charge in [0.1, 0.15) is 0 Å². The normalized spacial score (nSPS) is 16.9. The van der Waals surface area contributed by atoms with Gasteiger partial charge in [0.2, 0.25) is 0 Å². The topological polar surface area (TPSA) is 19.7 Å². The van der Waals surface area contributed by atoms with Crippen LogP contribution in [0.1, 0.15) is 55.9 Å². The van der Waals surface area contributed by atoms with Gasteiger partial charge in [-0.3, -0.25) is 0 Å². The molecule has 7 aromatic rings. The van der Waals surface area contributed by atoms with Crippen LogP contribution in [0.5, 0.6) is 0 Å². The van der Waals surface area contributed by atoms with Gasteiger partial charge in [-0.2, -0.15) is 0 Å². The first-order valence-corrected chi connectivity index (χ1v) is 19.7. The summed E-state index contributed by atoms with van der Waals surface area (Å²) < 4.78 is 10.8. The van der Waals surface area contributed by atoms with E-state index in [1.807, 2.05) is 0 Å². The van der Waals surface area contributed by atoms with Crippen LogP contribution in [0.3, 0.4) is 0 Å². The van der Waals surface area contributed by atoms with Gasteiger partial charge in [-0.05, 0) is 0 Å². The number of hydrogen-bond acceptors (Lipinski definition) is 0. The molecule has 7 heteroatoms. The molecule has 0 amide bonds. The van der Waals surface area contributed by atoms with E-state index in [-0.39, 0.29) is 0 Å². The Balaban J connectivity index is 1.51. The van der Waals surface area contributed by atoms with Crippen molar-refractivity contribution in [1.82, 2.24) is 17.4 Å². The van der Waals surface area contributed by atoms with Gasteiger partial charge in [-0.25, -0.2) is 0 Å². The van der Waals surface area contributed by atoms with Gasteiger partial charge in [0, 0.05) is 0 Å². The summed E-state index contributed by atoms with van der Waals surface area (Å²) in [5.74, 6) is 0.